The Labute approximate surface area is 150 Å². The zero-order valence-electron chi connectivity index (χ0n) is 13.6. The lowest BCUT2D eigenvalue weighted by atomic mass is 10.1. The van der Waals surface area contributed by atoms with Crippen LogP contribution in [0.1, 0.15) is 17.3 Å². The van der Waals surface area contributed by atoms with Crippen LogP contribution in [0.4, 0.5) is 11.4 Å². The van der Waals surface area contributed by atoms with E-state index < -0.39 is 0 Å². The van der Waals surface area contributed by atoms with Gasteiger partial charge in [0.15, 0.2) is 17.3 Å². The number of Topliss-reactive ketones (excluding diaryl/α,β-unsaturated/α-hetero) is 1. The van der Waals surface area contributed by atoms with Crippen LogP contribution in [-0.4, -0.2) is 31.4 Å². The van der Waals surface area contributed by atoms with E-state index in [9.17, 15) is 9.59 Å². The van der Waals surface area contributed by atoms with Gasteiger partial charge in [-0.1, -0.05) is 23.7 Å². The molecule has 2 N–H and O–H groups in total. The van der Waals surface area contributed by atoms with Crippen LogP contribution in [0.25, 0.3) is 0 Å². The van der Waals surface area contributed by atoms with E-state index >= 15 is 0 Å². The highest BCUT2D eigenvalue weighted by Gasteiger charge is 2.16. The van der Waals surface area contributed by atoms with Gasteiger partial charge in [0.1, 0.15) is 13.2 Å². The highest BCUT2D eigenvalue weighted by Crippen LogP contribution is 2.37. The van der Waals surface area contributed by atoms with Gasteiger partial charge in [0, 0.05) is 23.4 Å². The zero-order valence-corrected chi connectivity index (χ0v) is 14.4. The molecule has 1 amide bonds. The van der Waals surface area contributed by atoms with Crippen LogP contribution in [0, 0.1) is 0 Å². The van der Waals surface area contributed by atoms with Gasteiger partial charge < -0.3 is 20.1 Å². The normalized spacial score (nSPS) is 12.4. The highest BCUT2D eigenvalue weighted by molar-refractivity contribution is 6.34. The molecule has 0 saturated heterocycles. The average Bonchev–Trinajstić information content (AvgIpc) is 2.60. The standard InChI is InChI=1S/C18H17ClN2O4/c1-11(22)12-4-2-3-5-14(12)20-10-18(23)21-15-9-17-16(8-13(15)19)24-6-7-25-17/h2-5,8-9,20H,6-7,10H2,1H3,(H,21,23). The number of amides is 1. The van der Waals surface area contributed by atoms with E-state index in [2.05, 4.69) is 10.6 Å². The number of hydrogen-bond acceptors (Lipinski definition) is 5. The van der Waals surface area contributed by atoms with E-state index in [-0.39, 0.29) is 18.2 Å². The fourth-order valence-corrected chi connectivity index (χ4v) is 2.67. The number of para-hydroxylation sites is 1. The van der Waals surface area contributed by atoms with E-state index in [1.54, 1.807) is 36.4 Å². The minimum Gasteiger partial charge on any atom is -0.486 e. The lowest BCUT2D eigenvalue weighted by molar-refractivity contribution is -0.114. The molecule has 2 aromatic carbocycles. The lowest BCUT2D eigenvalue weighted by Gasteiger charge is -2.20. The molecular weight excluding hydrogens is 344 g/mol. The Balaban J connectivity index is 1.66. The SMILES string of the molecule is CC(=O)c1ccccc1NCC(=O)Nc1cc2c(cc1Cl)OCCO2. The molecule has 130 valence electrons. The maximum Gasteiger partial charge on any atom is 0.243 e. The number of anilines is 2. The number of ether oxygens (including phenoxy) is 2. The molecule has 0 unspecified atom stereocenters. The summed E-state index contributed by atoms with van der Waals surface area (Å²) in [5.41, 5.74) is 1.59. The fourth-order valence-electron chi connectivity index (χ4n) is 2.47. The van der Waals surface area contributed by atoms with Crippen molar-refractivity contribution in [1.29, 1.82) is 0 Å². The number of carbonyl (C=O) groups is 2. The summed E-state index contributed by atoms with van der Waals surface area (Å²) in [6, 6.07) is 10.3. The largest absolute Gasteiger partial charge is 0.486 e. The Morgan fingerprint density at radius 3 is 2.48 bits per heavy atom. The monoisotopic (exact) mass is 360 g/mol. The van der Waals surface area contributed by atoms with Gasteiger partial charge in [-0.2, -0.15) is 0 Å². The molecule has 3 rings (SSSR count). The van der Waals surface area contributed by atoms with Gasteiger partial charge >= 0.3 is 0 Å². The predicted molar refractivity (Wildman–Crippen MR) is 96.0 cm³/mol. The molecule has 0 bridgehead atoms. The Kier molecular flexibility index (Phi) is 5.09. The summed E-state index contributed by atoms with van der Waals surface area (Å²) in [5.74, 6) is 0.735. The highest BCUT2D eigenvalue weighted by atomic mass is 35.5. The van der Waals surface area contributed by atoms with E-state index in [0.29, 0.717) is 46.7 Å². The number of hydrogen-bond donors (Lipinski definition) is 2. The second kappa shape index (κ2) is 7.44. The summed E-state index contributed by atoms with van der Waals surface area (Å²) < 4.78 is 10.9. The first kappa shape index (κ1) is 17.1. The van der Waals surface area contributed by atoms with Crippen molar-refractivity contribution < 1.29 is 19.1 Å². The average molecular weight is 361 g/mol. The molecule has 0 saturated carbocycles. The van der Waals surface area contributed by atoms with E-state index in [1.165, 1.54) is 6.92 Å². The van der Waals surface area contributed by atoms with Gasteiger partial charge in [0.05, 0.1) is 17.3 Å². The van der Waals surface area contributed by atoms with Crippen LogP contribution in [0.5, 0.6) is 11.5 Å². The van der Waals surface area contributed by atoms with Crippen molar-refractivity contribution in [1.82, 2.24) is 0 Å². The Hall–Kier alpha value is -2.73. The zero-order chi connectivity index (χ0) is 17.8. The van der Waals surface area contributed by atoms with Gasteiger partial charge in [-0.3, -0.25) is 9.59 Å². The molecule has 0 spiro atoms. The number of carbonyl (C=O) groups excluding carboxylic acids is 2. The van der Waals surface area contributed by atoms with Crippen LogP contribution in [0.15, 0.2) is 36.4 Å². The van der Waals surface area contributed by atoms with E-state index in [0.717, 1.165) is 0 Å². The summed E-state index contributed by atoms with van der Waals surface area (Å²) in [6.45, 7) is 2.39. The molecule has 0 radical (unpaired) electrons. The molecule has 0 fully saturated rings. The summed E-state index contributed by atoms with van der Waals surface area (Å²) in [4.78, 5) is 23.8. The summed E-state index contributed by atoms with van der Waals surface area (Å²) >= 11 is 6.17. The third-order valence-corrected chi connectivity index (χ3v) is 3.96. The number of benzene rings is 2. The summed E-state index contributed by atoms with van der Waals surface area (Å²) in [5, 5.41) is 6.05. The summed E-state index contributed by atoms with van der Waals surface area (Å²) in [6.07, 6.45) is 0. The summed E-state index contributed by atoms with van der Waals surface area (Å²) in [7, 11) is 0. The molecule has 0 atom stereocenters. The van der Waals surface area contributed by atoms with Gasteiger partial charge in [-0.25, -0.2) is 0 Å². The molecule has 1 aliphatic heterocycles. The first-order chi connectivity index (χ1) is 12.0. The van der Waals surface area contributed by atoms with E-state index in [4.69, 9.17) is 21.1 Å². The number of nitrogens with one attached hydrogen (secondary N) is 2. The van der Waals surface area contributed by atoms with Crippen molar-refractivity contribution in [2.75, 3.05) is 30.4 Å². The molecule has 7 heteroatoms. The van der Waals surface area contributed by atoms with Gasteiger partial charge in [0.2, 0.25) is 5.91 Å². The minimum absolute atomic E-state index is 0.00490. The molecule has 1 aliphatic rings. The molecule has 2 aromatic rings. The van der Waals surface area contributed by atoms with Gasteiger partial charge in [-0.05, 0) is 19.1 Å². The van der Waals surface area contributed by atoms with Crippen LogP contribution < -0.4 is 20.1 Å². The Morgan fingerprint density at radius 1 is 1.08 bits per heavy atom. The predicted octanol–water partition coefficient (Wildman–Crippen LogP) is 3.36. The third-order valence-electron chi connectivity index (χ3n) is 3.65. The fraction of sp³-hybridized carbons (Fsp3) is 0.222. The Morgan fingerprint density at radius 2 is 1.76 bits per heavy atom. The van der Waals surface area contributed by atoms with Gasteiger partial charge in [0.25, 0.3) is 0 Å². The smallest absolute Gasteiger partial charge is 0.243 e. The van der Waals surface area contributed by atoms with Crippen molar-refractivity contribution in [3.05, 3.63) is 47.0 Å². The van der Waals surface area contributed by atoms with Crippen LogP contribution in [0.2, 0.25) is 5.02 Å². The van der Waals surface area contributed by atoms with Crippen molar-refractivity contribution in [2.24, 2.45) is 0 Å². The maximum absolute atomic E-state index is 12.2. The second-order valence-corrected chi connectivity index (χ2v) is 5.89. The quantitative estimate of drug-likeness (QED) is 0.799. The number of fused-ring (bicyclic) bond motifs is 1. The van der Waals surface area contributed by atoms with Crippen molar-refractivity contribution in [2.45, 2.75) is 6.92 Å². The maximum atomic E-state index is 12.2. The molecule has 25 heavy (non-hydrogen) atoms. The van der Waals surface area contributed by atoms with Crippen molar-refractivity contribution >= 4 is 34.7 Å². The van der Waals surface area contributed by atoms with E-state index in [1.807, 2.05) is 0 Å². The minimum atomic E-state index is -0.295. The van der Waals surface area contributed by atoms with Crippen molar-refractivity contribution in [3.63, 3.8) is 0 Å². The first-order valence-electron chi connectivity index (χ1n) is 7.77. The molecule has 6 nitrogen and oxygen atoms in total. The molecule has 0 aromatic heterocycles. The molecule has 1 heterocycles. The molecular formula is C18H17ClN2O4. The van der Waals surface area contributed by atoms with Crippen LogP contribution >= 0.6 is 11.6 Å². The second-order valence-electron chi connectivity index (χ2n) is 5.48. The third kappa shape index (κ3) is 4.03. The number of halogens is 1. The van der Waals surface area contributed by atoms with Gasteiger partial charge in [-0.15, -0.1) is 0 Å². The lowest BCUT2D eigenvalue weighted by Crippen LogP contribution is -2.23. The number of ketones is 1. The first-order valence-corrected chi connectivity index (χ1v) is 8.15. The molecule has 0 aliphatic carbocycles. The topological polar surface area (TPSA) is 76.7 Å². The van der Waals surface area contributed by atoms with Crippen molar-refractivity contribution in [3.8, 4) is 11.5 Å². The Bertz CT molecular complexity index is 823. The van der Waals surface area contributed by atoms with Crippen LogP contribution in [-0.2, 0) is 4.79 Å². The number of rotatable bonds is 5. The van der Waals surface area contributed by atoms with Crippen LogP contribution in [0.3, 0.4) is 0 Å².